The Labute approximate surface area is 103 Å². The van der Waals surface area contributed by atoms with Crippen LogP contribution in [0.25, 0.3) is 11.3 Å². The SMILES string of the molecule is C=CCOc1nsnc1-c1ccc(Cl)cc1. The van der Waals surface area contributed by atoms with Crippen LogP contribution in [0, 0.1) is 0 Å². The zero-order chi connectivity index (χ0) is 11.4. The van der Waals surface area contributed by atoms with Gasteiger partial charge in [-0.25, -0.2) is 0 Å². The molecule has 1 aromatic carbocycles. The fourth-order valence-electron chi connectivity index (χ4n) is 1.20. The van der Waals surface area contributed by atoms with Gasteiger partial charge in [-0.1, -0.05) is 36.4 Å². The predicted octanol–water partition coefficient (Wildman–Crippen LogP) is 3.42. The van der Waals surface area contributed by atoms with Crippen LogP contribution in [0.2, 0.25) is 5.02 Å². The van der Waals surface area contributed by atoms with E-state index in [0.717, 1.165) is 23.0 Å². The fraction of sp³-hybridized carbons (Fsp3) is 0.0909. The van der Waals surface area contributed by atoms with E-state index in [1.165, 1.54) is 0 Å². The first-order chi connectivity index (χ1) is 7.81. The highest BCUT2D eigenvalue weighted by atomic mass is 35.5. The Kier molecular flexibility index (Phi) is 3.54. The molecule has 0 aliphatic heterocycles. The summed E-state index contributed by atoms with van der Waals surface area (Å²) in [6, 6.07) is 7.40. The number of benzene rings is 1. The molecule has 0 aliphatic carbocycles. The Bertz CT molecular complexity index is 481. The van der Waals surface area contributed by atoms with Gasteiger partial charge in [-0.3, -0.25) is 0 Å². The second-order valence-corrected chi connectivity index (χ2v) is 3.99. The average Bonchev–Trinajstić information content (AvgIpc) is 2.75. The smallest absolute Gasteiger partial charge is 0.254 e. The van der Waals surface area contributed by atoms with Crippen LogP contribution in [0.4, 0.5) is 0 Å². The maximum Gasteiger partial charge on any atom is 0.254 e. The van der Waals surface area contributed by atoms with E-state index < -0.39 is 0 Å². The Hall–Kier alpha value is -1.39. The second-order valence-electron chi connectivity index (χ2n) is 3.02. The van der Waals surface area contributed by atoms with E-state index in [-0.39, 0.29) is 0 Å². The summed E-state index contributed by atoms with van der Waals surface area (Å²) in [7, 11) is 0. The maximum absolute atomic E-state index is 5.82. The van der Waals surface area contributed by atoms with E-state index >= 15 is 0 Å². The molecule has 0 bridgehead atoms. The molecule has 0 atom stereocenters. The molecule has 16 heavy (non-hydrogen) atoms. The molecule has 2 rings (SSSR count). The molecule has 0 fully saturated rings. The lowest BCUT2D eigenvalue weighted by Gasteiger charge is -2.01. The maximum atomic E-state index is 5.82. The van der Waals surface area contributed by atoms with Crippen molar-refractivity contribution in [2.24, 2.45) is 0 Å². The summed E-state index contributed by atoms with van der Waals surface area (Å²) in [5.41, 5.74) is 1.68. The first-order valence-electron chi connectivity index (χ1n) is 4.63. The van der Waals surface area contributed by atoms with Crippen molar-refractivity contribution in [1.82, 2.24) is 8.75 Å². The summed E-state index contributed by atoms with van der Waals surface area (Å²) < 4.78 is 13.7. The quantitative estimate of drug-likeness (QED) is 0.782. The molecule has 1 aromatic heterocycles. The van der Waals surface area contributed by atoms with E-state index in [1.54, 1.807) is 6.08 Å². The van der Waals surface area contributed by atoms with Crippen LogP contribution in [0.15, 0.2) is 36.9 Å². The Morgan fingerprint density at radius 3 is 2.75 bits per heavy atom. The van der Waals surface area contributed by atoms with Gasteiger partial charge in [0.05, 0.1) is 11.7 Å². The van der Waals surface area contributed by atoms with Crippen molar-refractivity contribution < 1.29 is 4.74 Å². The van der Waals surface area contributed by atoms with Gasteiger partial charge in [-0.05, 0) is 12.1 Å². The Morgan fingerprint density at radius 2 is 2.06 bits per heavy atom. The Balaban J connectivity index is 2.29. The predicted molar refractivity (Wildman–Crippen MR) is 66.0 cm³/mol. The number of hydrogen-bond acceptors (Lipinski definition) is 4. The molecular formula is C11H9ClN2OS. The van der Waals surface area contributed by atoms with Gasteiger partial charge in [-0.2, -0.15) is 4.37 Å². The third-order valence-electron chi connectivity index (χ3n) is 1.91. The van der Waals surface area contributed by atoms with Gasteiger partial charge < -0.3 is 4.74 Å². The Morgan fingerprint density at radius 1 is 1.31 bits per heavy atom. The van der Waals surface area contributed by atoms with Crippen LogP contribution in [-0.4, -0.2) is 15.4 Å². The summed E-state index contributed by atoms with van der Waals surface area (Å²) in [6.07, 6.45) is 1.67. The summed E-state index contributed by atoms with van der Waals surface area (Å²) >= 11 is 6.94. The number of aromatic nitrogens is 2. The molecule has 0 spiro atoms. The van der Waals surface area contributed by atoms with Crippen molar-refractivity contribution in [2.45, 2.75) is 0 Å². The topological polar surface area (TPSA) is 35.0 Å². The minimum absolute atomic E-state index is 0.423. The van der Waals surface area contributed by atoms with Crippen molar-refractivity contribution in [3.63, 3.8) is 0 Å². The lowest BCUT2D eigenvalue weighted by molar-refractivity contribution is 0.353. The summed E-state index contributed by atoms with van der Waals surface area (Å²) in [4.78, 5) is 0. The minimum Gasteiger partial charge on any atom is -0.471 e. The molecule has 0 amide bonds. The van der Waals surface area contributed by atoms with Gasteiger partial charge in [0.2, 0.25) is 0 Å². The van der Waals surface area contributed by atoms with E-state index in [1.807, 2.05) is 24.3 Å². The fourth-order valence-corrected chi connectivity index (χ4v) is 1.84. The van der Waals surface area contributed by atoms with Gasteiger partial charge in [0.25, 0.3) is 5.88 Å². The van der Waals surface area contributed by atoms with Crippen LogP contribution >= 0.6 is 23.3 Å². The third-order valence-corrected chi connectivity index (χ3v) is 2.68. The molecule has 0 N–H and O–H groups in total. The van der Waals surface area contributed by atoms with Gasteiger partial charge in [0, 0.05) is 10.6 Å². The molecule has 0 radical (unpaired) electrons. The third kappa shape index (κ3) is 2.40. The van der Waals surface area contributed by atoms with Gasteiger partial charge in [0.1, 0.15) is 12.3 Å². The standard InChI is InChI=1S/C11H9ClN2OS/c1-2-7-15-11-10(13-16-14-11)8-3-5-9(12)6-4-8/h2-6H,1,7H2. The van der Waals surface area contributed by atoms with Gasteiger partial charge in [0.15, 0.2) is 0 Å². The van der Waals surface area contributed by atoms with Crippen molar-refractivity contribution in [1.29, 1.82) is 0 Å². The molecule has 0 saturated heterocycles. The minimum atomic E-state index is 0.423. The number of nitrogens with zero attached hydrogens (tertiary/aromatic N) is 2. The first-order valence-corrected chi connectivity index (χ1v) is 5.74. The highest BCUT2D eigenvalue weighted by molar-refractivity contribution is 6.99. The van der Waals surface area contributed by atoms with E-state index in [9.17, 15) is 0 Å². The number of ether oxygens (including phenoxy) is 1. The molecule has 1 heterocycles. The van der Waals surface area contributed by atoms with E-state index in [4.69, 9.17) is 16.3 Å². The summed E-state index contributed by atoms with van der Waals surface area (Å²) in [6.45, 7) is 4.01. The number of rotatable bonds is 4. The van der Waals surface area contributed by atoms with Gasteiger partial charge in [-0.15, -0.1) is 4.37 Å². The van der Waals surface area contributed by atoms with E-state index in [2.05, 4.69) is 15.3 Å². The first kappa shape index (κ1) is 11.1. The molecule has 2 aromatic rings. The van der Waals surface area contributed by atoms with Crippen molar-refractivity contribution in [2.75, 3.05) is 6.61 Å². The molecule has 5 heteroatoms. The van der Waals surface area contributed by atoms with Crippen LogP contribution < -0.4 is 4.74 Å². The summed E-state index contributed by atoms with van der Waals surface area (Å²) in [5, 5.41) is 0.695. The molecule has 3 nitrogen and oxygen atoms in total. The van der Waals surface area contributed by atoms with Crippen molar-refractivity contribution in [3.8, 4) is 17.1 Å². The van der Waals surface area contributed by atoms with Crippen LogP contribution in [-0.2, 0) is 0 Å². The largest absolute Gasteiger partial charge is 0.471 e. The van der Waals surface area contributed by atoms with Gasteiger partial charge >= 0.3 is 0 Å². The molecule has 82 valence electrons. The average molecular weight is 253 g/mol. The monoisotopic (exact) mass is 252 g/mol. The molecule has 0 aliphatic rings. The normalized spacial score (nSPS) is 10.1. The number of halogens is 1. The summed E-state index contributed by atoms with van der Waals surface area (Å²) in [5.74, 6) is 0.534. The molecule has 0 saturated carbocycles. The van der Waals surface area contributed by atoms with Crippen molar-refractivity contribution >= 4 is 23.3 Å². The van der Waals surface area contributed by atoms with Crippen LogP contribution in [0.5, 0.6) is 5.88 Å². The second kappa shape index (κ2) is 5.09. The van der Waals surface area contributed by atoms with Crippen LogP contribution in [0.1, 0.15) is 0 Å². The van der Waals surface area contributed by atoms with E-state index in [0.29, 0.717) is 17.5 Å². The highest BCUT2D eigenvalue weighted by Gasteiger charge is 2.10. The lowest BCUT2D eigenvalue weighted by atomic mass is 10.2. The molecule has 0 unspecified atom stereocenters. The van der Waals surface area contributed by atoms with Crippen LogP contribution in [0.3, 0.4) is 0 Å². The van der Waals surface area contributed by atoms with Crippen molar-refractivity contribution in [3.05, 3.63) is 41.9 Å². The zero-order valence-corrected chi connectivity index (χ0v) is 9.96. The number of hydrogen-bond donors (Lipinski definition) is 0. The molecular weight excluding hydrogens is 244 g/mol. The lowest BCUT2D eigenvalue weighted by Crippen LogP contribution is -1.94. The zero-order valence-electron chi connectivity index (χ0n) is 8.39. The highest BCUT2D eigenvalue weighted by Crippen LogP contribution is 2.28.